The summed E-state index contributed by atoms with van der Waals surface area (Å²) in [5.41, 5.74) is 0. The Bertz CT molecular complexity index is 427. The van der Waals surface area contributed by atoms with Gasteiger partial charge in [-0.25, -0.2) is 4.79 Å². The Hall–Kier alpha value is -1.07. The average Bonchev–Trinajstić information content (AvgIpc) is 3.01. The van der Waals surface area contributed by atoms with Gasteiger partial charge in [0.1, 0.15) is 0 Å². The molecular formula is C15H24N2O2S. The summed E-state index contributed by atoms with van der Waals surface area (Å²) in [6, 6.07) is 4.32. The van der Waals surface area contributed by atoms with Crippen molar-refractivity contribution in [1.82, 2.24) is 10.6 Å². The highest BCUT2D eigenvalue weighted by Gasteiger charge is 2.15. The van der Waals surface area contributed by atoms with Crippen molar-refractivity contribution in [3.05, 3.63) is 21.9 Å². The minimum absolute atomic E-state index is 0.0798. The zero-order valence-electron chi connectivity index (χ0n) is 12.3. The van der Waals surface area contributed by atoms with E-state index < -0.39 is 0 Å². The maximum atomic E-state index is 11.8. The topological polar surface area (TPSA) is 50.4 Å². The minimum atomic E-state index is -0.0798. The summed E-state index contributed by atoms with van der Waals surface area (Å²) in [5.74, 6) is 0. The molecule has 1 aromatic heterocycles. The number of urea groups is 1. The lowest BCUT2D eigenvalue weighted by Gasteiger charge is -2.15. The number of hydrogen-bond acceptors (Lipinski definition) is 3. The largest absolute Gasteiger partial charge is 0.378 e. The Morgan fingerprint density at radius 1 is 1.55 bits per heavy atom. The summed E-state index contributed by atoms with van der Waals surface area (Å²) in [6.45, 7) is 5.69. The van der Waals surface area contributed by atoms with Gasteiger partial charge < -0.3 is 15.4 Å². The van der Waals surface area contributed by atoms with Crippen LogP contribution in [-0.2, 0) is 11.2 Å². The fraction of sp³-hybridized carbons (Fsp3) is 0.667. The van der Waals surface area contributed by atoms with E-state index in [0.717, 1.165) is 32.3 Å². The molecular weight excluding hydrogens is 272 g/mol. The summed E-state index contributed by atoms with van der Waals surface area (Å²) < 4.78 is 5.53. The minimum Gasteiger partial charge on any atom is -0.378 e. The molecule has 0 spiro atoms. The Labute approximate surface area is 124 Å². The third kappa shape index (κ3) is 5.13. The zero-order valence-corrected chi connectivity index (χ0v) is 13.1. The van der Waals surface area contributed by atoms with E-state index in [9.17, 15) is 4.79 Å². The number of amides is 2. The Morgan fingerprint density at radius 2 is 2.40 bits per heavy atom. The van der Waals surface area contributed by atoms with Gasteiger partial charge >= 0.3 is 6.03 Å². The van der Waals surface area contributed by atoms with Crippen molar-refractivity contribution in [2.24, 2.45) is 0 Å². The smallest absolute Gasteiger partial charge is 0.315 e. The molecule has 2 heterocycles. The fourth-order valence-corrected chi connectivity index (χ4v) is 3.46. The Morgan fingerprint density at radius 3 is 3.05 bits per heavy atom. The van der Waals surface area contributed by atoms with Crippen LogP contribution in [0.3, 0.4) is 0 Å². The number of nitrogens with one attached hydrogen (secondary N) is 2. The van der Waals surface area contributed by atoms with E-state index in [-0.39, 0.29) is 12.1 Å². The van der Waals surface area contributed by atoms with Crippen molar-refractivity contribution in [2.75, 3.05) is 13.2 Å². The van der Waals surface area contributed by atoms with Crippen molar-refractivity contribution >= 4 is 17.4 Å². The average molecular weight is 296 g/mol. The Balaban J connectivity index is 1.60. The van der Waals surface area contributed by atoms with Gasteiger partial charge in [-0.15, -0.1) is 11.3 Å². The number of carbonyl (C=O) groups is 1. The molecule has 1 saturated heterocycles. The molecule has 112 valence electrons. The first-order chi connectivity index (χ1) is 9.63. The van der Waals surface area contributed by atoms with Crippen molar-refractivity contribution < 1.29 is 9.53 Å². The number of carbonyl (C=O) groups excluding carboxylic acids is 1. The highest BCUT2D eigenvalue weighted by Crippen LogP contribution is 2.16. The van der Waals surface area contributed by atoms with Gasteiger partial charge in [0.2, 0.25) is 0 Å². The number of thiophene rings is 1. The summed E-state index contributed by atoms with van der Waals surface area (Å²) >= 11 is 1.79. The van der Waals surface area contributed by atoms with Gasteiger partial charge in [-0.2, -0.15) is 0 Å². The van der Waals surface area contributed by atoms with Crippen molar-refractivity contribution in [2.45, 2.75) is 51.7 Å². The van der Waals surface area contributed by atoms with Crippen molar-refractivity contribution in [3.63, 3.8) is 0 Å². The molecule has 2 rings (SSSR count). The third-order valence-corrected chi connectivity index (χ3v) is 4.48. The van der Waals surface area contributed by atoms with E-state index in [1.807, 2.05) is 6.92 Å². The van der Waals surface area contributed by atoms with E-state index in [1.54, 1.807) is 11.3 Å². The monoisotopic (exact) mass is 296 g/mol. The molecule has 0 aliphatic carbocycles. The van der Waals surface area contributed by atoms with Gasteiger partial charge in [-0.1, -0.05) is 0 Å². The van der Waals surface area contributed by atoms with Gasteiger partial charge in [-0.05, 0) is 45.2 Å². The van der Waals surface area contributed by atoms with Gasteiger partial charge in [0.15, 0.2) is 0 Å². The maximum Gasteiger partial charge on any atom is 0.315 e. The lowest BCUT2D eigenvalue weighted by atomic mass is 10.2. The summed E-state index contributed by atoms with van der Waals surface area (Å²) in [5, 5.41) is 5.88. The number of ether oxygens (including phenoxy) is 1. The SMILES string of the molecule is Cc1ccc(C[C@H](C)NC(=O)NCC[C@@H]2CCCO2)s1. The lowest BCUT2D eigenvalue weighted by molar-refractivity contribution is 0.104. The highest BCUT2D eigenvalue weighted by molar-refractivity contribution is 7.11. The van der Waals surface area contributed by atoms with Crippen LogP contribution in [-0.4, -0.2) is 31.3 Å². The number of rotatable bonds is 6. The molecule has 5 heteroatoms. The molecule has 0 radical (unpaired) electrons. The van der Waals surface area contributed by atoms with Crippen LogP contribution in [0.1, 0.15) is 35.9 Å². The Kier molecular flexibility index (Phi) is 5.86. The second-order valence-corrected chi connectivity index (χ2v) is 6.81. The molecule has 0 bridgehead atoms. The van der Waals surface area contributed by atoms with Crippen LogP contribution >= 0.6 is 11.3 Å². The number of aryl methyl sites for hydroxylation is 1. The van der Waals surface area contributed by atoms with Crippen LogP contribution < -0.4 is 10.6 Å². The van der Waals surface area contributed by atoms with Crippen LogP contribution in [0.2, 0.25) is 0 Å². The summed E-state index contributed by atoms with van der Waals surface area (Å²) in [7, 11) is 0. The van der Waals surface area contributed by atoms with E-state index in [2.05, 4.69) is 29.7 Å². The number of hydrogen-bond donors (Lipinski definition) is 2. The second-order valence-electron chi connectivity index (χ2n) is 5.44. The molecule has 0 aromatic carbocycles. The van der Waals surface area contributed by atoms with Crippen LogP contribution in [0, 0.1) is 6.92 Å². The first kappa shape index (κ1) is 15.3. The summed E-state index contributed by atoms with van der Waals surface area (Å²) in [6.07, 6.45) is 4.40. The summed E-state index contributed by atoms with van der Waals surface area (Å²) in [4.78, 5) is 14.4. The fourth-order valence-electron chi connectivity index (χ4n) is 2.44. The van der Waals surface area contributed by atoms with Crippen molar-refractivity contribution in [1.29, 1.82) is 0 Å². The van der Waals surface area contributed by atoms with E-state index in [1.165, 1.54) is 9.75 Å². The van der Waals surface area contributed by atoms with E-state index in [0.29, 0.717) is 12.6 Å². The quantitative estimate of drug-likeness (QED) is 0.848. The molecule has 1 aromatic rings. The van der Waals surface area contributed by atoms with E-state index in [4.69, 9.17) is 4.74 Å². The van der Waals surface area contributed by atoms with Crippen molar-refractivity contribution in [3.8, 4) is 0 Å². The first-order valence-electron chi connectivity index (χ1n) is 7.35. The molecule has 20 heavy (non-hydrogen) atoms. The van der Waals surface area contributed by atoms with Gasteiger partial charge in [0.05, 0.1) is 6.10 Å². The molecule has 0 unspecified atom stereocenters. The van der Waals surface area contributed by atoms with Crippen LogP contribution in [0.15, 0.2) is 12.1 Å². The predicted molar refractivity (Wildman–Crippen MR) is 82.3 cm³/mol. The van der Waals surface area contributed by atoms with Gasteiger partial charge in [0, 0.05) is 35.4 Å². The van der Waals surface area contributed by atoms with Gasteiger partial charge in [0.25, 0.3) is 0 Å². The van der Waals surface area contributed by atoms with Crippen LogP contribution in [0.25, 0.3) is 0 Å². The third-order valence-electron chi connectivity index (χ3n) is 3.46. The van der Waals surface area contributed by atoms with Crippen LogP contribution in [0.4, 0.5) is 4.79 Å². The molecule has 2 amide bonds. The molecule has 1 aliphatic heterocycles. The standard InChI is InChI=1S/C15H24N2O2S/c1-11(10-14-6-5-12(2)20-14)17-15(18)16-8-7-13-4-3-9-19-13/h5-6,11,13H,3-4,7-10H2,1-2H3,(H2,16,17,18)/t11-,13-/m0/s1. The molecule has 4 nitrogen and oxygen atoms in total. The molecule has 2 atom stereocenters. The lowest BCUT2D eigenvalue weighted by Crippen LogP contribution is -2.42. The molecule has 1 aliphatic rings. The van der Waals surface area contributed by atoms with Crippen LogP contribution in [0.5, 0.6) is 0 Å². The predicted octanol–water partition coefficient (Wildman–Crippen LogP) is 2.86. The molecule has 1 fully saturated rings. The molecule has 2 N–H and O–H groups in total. The maximum absolute atomic E-state index is 11.8. The zero-order chi connectivity index (χ0) is 14.4. The van der Waals surface area contributed by atoms with Gasteiger partial charge in [-0.3, -0.25) is 0 Å². The van der Waals surface area contributed by atoms with E-state index >= 15 is 0 Å². The molecule has 0 saturated carbocycles. The second kappa shape index (κ2) is 7.64. The highest BCUT2D eigenvalue weighted by atomic mass is 32.1. The first-order valence-corrected chi connectivity index (χ1v) is 8.16. The normalized spacial score (nSPS) is 19.8.